The number of carbonyl (C=O) groups is 1. The van der Waals surface area contributed by atoms with Crippen LogP contribution >= 0.6 is 11.8 Å². The molecule has 1 aliphatic rings. The second-order valence-corrected chi connectivity index (χ2v) is 7.58. The zero-order chi connectivity index (χ0) is 18.5. The van der Waals surface area contributed by atoms with E-state index in [-0.39, 0.29) is 23.9 Å². The maximum absolute atomic E-state index is 13.6. The number of carbonyl (C=O) groups excluding carboxylic acids is 1. The number of nitrogens with one attached hydrogen (secondary N) is 2. The molecule has 0 aromatic heterocycles. The van der Waals surface area contributed by atoms with E-state index in [1.54, 1.807) is 24.9 Å². The molecule has 3 rings (SSSR count). The molecule has 0 saturated carbocycles. The lowest BCUT2D eigenvalue weighted by Gasteiger charge is -2.27. The van der Waals surface area contributed by atoms with Gasteiger partial charge in [-0.05, 0) is 61.2 Å². The topological polar surface area (TPSA) is 50.4 Å². The van der Waals surface area contributed by atoms with Gasteiger partial charge in [-0.2, -0.15) is 0 Å². The fraction of sp³-hybridized carbons (Fsp3) is 0.350. The third-order valence-corrected chi connectivity index (χ3v) is 5.49. The molecule has 0 spiro atoms. The summed E-state index contributed by atoms with van der Waals surface area (Å²) in [6, 6.07) is 12.1. The first-order valence-corrected chi connectivity index (χ1v) is 9.66. The molecule has 0 bridgehead atoms. The normalized spacial score (nSPS) is 17.1. The molecule has 6 heteroatoms. The van der Waals surface area contributed by atoms with Crippen LogP contribution in [0.3, 0.4) is 0 Å². The average molecular weight is 374 g/mol. The molecule has 1 heterocycles. The molecule has 4 nitrogen and oxygen atoms in total. The van der Waals surface area contributed by atoms with Gasteiger partial charge < -0.3 is 15.4 Å². The van der Waals surface area contributed by atoms with Crippen molar-refractivity contribution < 1.29 is 13.9 Å². The van der Waals surface area contributed by atoms with Crippen LogP contribution in [0, 0.1) is 5.82 Å². The van der Waals surface area contributed by atoms with Crippen LogP contribution in [0.1, 0.15) is 30.5 Å². The highest BCUT2D eigenvalue weighted by molar-refractivity contribution is 7.99. The average Bonchev–Trinajstić information content (AvgIpc) is 2.62. The maximum Gasteiger partial charge on any atom is 0.315 e. The SMILES string of the molecule is COc1cccc(CC(C)NC(=O)NC2CCSc3ccc(F)cc32)c1. The van der Waals surface area contributed by atoms with Crippen molar-refractivity contribution >= 4 is 17.8 Å². The molecule has 2 aromatic carbocycles. The summed E-state index contributed by atoms with van der Waals surface area (Å²) in [6.07, 6.45) is 1.50. The number of thioether (sulfide) groups is 1. The number of benzene rings is 2. The molecule has 138 valence electrons. The molecular formula is C20H23FN2O2S. The van der Waals surface area contributed by atoms with Gasteiger partial charge in [0, 0.05) is 16.7 Å². The highest BCUT2D eigenvalue weighted by Crippen LogP contribution is 2.36. The number of rotatable bonds is 5. The first-order valence-electron chi connectivity index (χ1n) is 8.67. The van der Waals surface area contributed by atoms with Gasteiger partial charge in [0.1, 0.15) is 11.6 Å². The Morgan fingerprint density at radius 2 is 2.19 bits per heavy atom. The fourth-order valence-corrected chi connectivity index (χ4v) is 4.25. The number of urea groups is 1. The van der Waals surface area contributed by atoms with Crippen molar-refractivity contribution in [2.75, 3.05) is 12.9 Å². The number of halogens is 1. The van der Waals surface area contributed by atoms with E-state index in [9.17, 15) is 9.18 Å². The smallest absolute Gasteiger partial charge is 0.315 e. The lowest BCUT2D eigenvalue weighted by atomic mass is 10.0. The van der Waals surface area contributed by atoms with E-state index in [0.29, 0.717) is 6.42 Å². The van der Waals surface area contributed by atoms with Gasteiger partial charge in [-0.15, -0.1) is 11.8 Å². The van der Waals surface area contributed by atoms with Gasteiger partial charge in [-0.3, -0.25) is 0 Å². The van der Waals surface area contributed by atoms with Gasteiger partial charge in [0.15, 0.2) is 0 Å². The van der Waals surface area contributed by atoms with E-state index in [2.05, 4.69) is 10.6 Å². The van der Waals surface area contributed by atoms with Crippen molar-refractivity contribution in [1.82, 2.24) is 10.6 Å². The first kappa shape index (κ1) is 18.6. The van der Waals surface area contributed by atoms with Crippen LogP contribution in [0.15, 0.2) is 47.4 Å². The second-order valence-electron chi connectivity index (χ2n) is 6.45. The Morgan fingerprint density at radius 3 is 3.00 bits per heavy atom. The summed E-state index contributed by atoms with van der Waals surface area (Å²) >= 11 is 1.70. The minimum absolute atomic E-state index is 0.0351. The van der Waals surface area contributed by atoms with Crippen molar-refractivity contribution in [1.29, 1.82) is 0 Å². The van der Waals surface area contributed by atoms with Crippen LogP contribution in [0.5, 0.6) is 5.75 Å². The van der Waals surface area contributed by atoms with E-state index < -0.39 is 0 Å². The van der Waals surface area contributed by atoms with Crippen molar-refractivity contribution in [3.05, 3.63) is 59.4 Å². The Morgan fingerprint density at radius 1 is 1.35 bits per heavy atom. The Bertz CT molecular complexity index is 784. The standard InChI is InChI=1S/C20H23FN2O2S/c1-13(10-14-4-3-5-16(11-14)25-2)22-20(24)23-18-8-9-26-19-7-6-15(21)12-17(18)19/h3-7,11-13,18H,8-10H2,1-2H3,(H2,22,23,24). The zero-order valence-electron chi connectivity index (χ0n) is 14.9. The predicted octanol–water partition coefficient (Wildman–Crippen LogP) is 4.30. The van der Waals surface area contributed by atoms with Crippen LogP contribution < -0.4 is 15.4 Å². The van der Waals surface area contributed by atoms with Crippen molar-refractivity contribution in [3.8, 4) is 5.75 Å². The van der Waals surface area contributed by atoms with E-state index in [1.165, 1.54) is 12.1 Å². The number of ether oxygens (including phenoxy) is 1. The Hall–Kier alpha value is -2.21. The first-order chi connectivity index (χ1) is 12.5. The predicted molar refractivity (Wildman–Crippen MR) is 102 cm³/mol. The number of fused-ring (bicyclic) bond motifs is 1. The Labute approximate surface area is 157 Å². The number of methoxy groups -OCH3 is 1. The molecule has 0 aliphatic carbocycles. The molecule has 2 N–H and O–H groups in total. The number of amides is 2. The second kappa shape index (κ2) is 8.45. The molecule has 2 aromatic rings. The maximum atomic E-state index is 13.6. The Kier molecular flexibility index (Phi) is 6.04. The van der Waals surface area contributed by atoms with Gasteiger partial charge in [0.25, 0.3) is 0 Å². The quantitative estimate of drug-likeness (QED) is 0.820. The molecule has 0 fully saturated rings. The zero-order valence-corrected chi connectivity index (χ0v) is 15.7. The molecule has 2 atom stereocenters. The van der Waals surface area contributed by atoms with Gasteiger partial charge >= 0.3 is 6.03 Å². The van der Waals surface area contributed by atoms with Crippen molar-refractivity contribution in [2.24, 2.45) is 0 Å². The van der Waals surface area contributed by atoms with Crippen molar-refractivity contribution in [3.63, 3.8) is 0 Å². The lowest BCUT2D eigenvalue weighted by Crippen LogP contribution is -2.43. The molecule has 0 radical (unpaired) electrons. The monoisotopic (exact) mass is 374 g/mol. The highest BCUT2D eigenvalue weighted by Gasteiger charge is 2.23. The molecule has 2 amide bonds. The summed E-state index contributed by atoms with van der Waals surface area (Å²) in [4.78, 5) is 13.4. The number of hydrogen-bond acceptors (Lipinski definition) is 3. The van der Waals surface area contributed by atoms with Crippen LogP contribution in [0.25, 0.3) is 0 Å². The van der Waals surface area contributed by atoms with E-state index in [1.807, 2.05) is 31.2 Å². The van der Waals surface area contributed by atoms with E-state index in [0.717, 1.165) is 33.9 Å². The van der Waals surface area contributed by atoms with E-state index in [4.69, 9.17) is 4.74 Å². The van der Waals surface area contributed by atoms with Gasteiger partial charge in [-0.25, -0.2) is 9.18 Å². The van der Waals surface area contributed by atoms with E-state index >= 15 is 0 Å². The summed E-state index contributed by atoms with van der Waals surface area (Å²) in [5.41, 5.74) is 1.95. The van der Waals surface area contributed by atoms with Crippen LogP contribution in [-0.4, -0.2) is 24.9 Å². The molecule has 0 saturated heterocycles. The van der Waals surface area contributed by atoms with Crippen LogP contribution in [0.2, 0.25) is 0 Å². The summed E-state index contributed by atoms with van der Waals surface area (Å²) in [7, 11) is 1.64. The third-order valence-electron chi connectivity index (χ3n) is 4.37. The molecule has 2 unspecified atom stereocenters. The summed E-state index contributed by atoms with van der Waals surface area (Å²) < 4.78 is 18.8. The lowest BCUT2D eigenvalue weighted by molar-refractivity contribution is 0.233. The fourth-order valence-electron chi connectivity index (χ4n) is 3.14. The molecular weight excluding hydrogens is 351 g/mol. The number of hydrogen-bond donors (Lipinski definition) is 2. The van der Waals surface area contributed by atoms with Crippen LogP contribution in [-0.2, 0) is 6.42 Å². The highest BCUT2D eigenvalue weighted by atomic mass is 32.2. The van der Waals surface area contributed by atoms with Gasteiger partial charge in [-0.1, -0.05) is 12.1 Å². The Balaban J connectivity index is 1.58. The molecule has 26 heavy (non-hydrogen) atoms. The summed E-state index contributed by atoms with van der Waals surface area (Å²) in [6.45, 7) is 1.96. The largest absolute Gasteiger partial charge is 0.497 e. The minimum Gasteiger partial charge on any atom is -0.497 e. The third kappa shape index (κ3) is 4.69. The van der Waals surface area contributed by atoms with Gasteiger partial charge in [0.05, 0.1) is 13.2 Å². The van der Waals surface area contributed by atoms with Crippen LogP contribution in [0.4, 0.5) is 9.18 Å². The van der Waals surface area contributed by atoms with Crippen molar-refractivity contribution in [2.45, 2.75) is 36.7 Å². The minimum atomic E-state index is -0.273. The molecule has 1 aliphatic heterocycles. The summed E-state index contributed by atoms with van der Waals surface area (Å²) in [5, 5.41) is 5.95. The van der Waals surface area contributed by atoms with Gasteiger partial charge in [0.2, 0.25) is 0 Å². The summed E-state index contributed by atoms with van der Waals surface area (Å²) in [5.74, 6) is 1.44.